The average Bonchev–Trinajstić information content (AvgIpc) is 3.11. The highest BCUT2D eigenvalue weighted by Gasteiger charge is 2.14. The third-order valence-electron chi connectivity index (χ3n) is 3.26. The molecule has 0 saturated heterocycles. The van der Waals surface area contributed by atoms with Crippen molar-refractivity contribution in [2.45, 2.75) is 13.0 Å². The van der Waals surface area contributed by atoms with Gasteiger partial charge in [-0.2, -0.15) is 0 Å². The van der Waals surface area contributed by atoms with E-state index in [0.29, 0.717) is 5.75 Å². The second kappa shape index (κ2) is 7.07. The molecule has 1 heterocycles. The number of nitrogens with zero attached hydrogens (tertiary/aromatic N) is 1. The summed E-state index contributed by atoms with van der Waals surface area (Å²) in [5.74, 6) is 0.491. The molecule has 1 atom stereocenters. The number of benzene rings is 2. The lowest BCUT2D eigenvalue weighted by Gasteiger charge is -2.14. The van der Waals surface area contributed by atoms with Crippen molar-refractivity contribution in [2.75, 3.05) is 5.32 Å². The highest BCUT2D eigenvalue weighted by molar-refractivity contribution is 7.13. The summed E-state index contributed by atoms with van der Waals surface area (Å²) in [5.41, 5.74) is 1.77. The zero-order valence-electron chi connectivity index (χ0n) is 12.6. The maximum atomic E-state index is 12.2. The number of carbonyl (C=O) groups is 1. The monoisotopic (exact) mass is 324 g/mol. The van der Waals surface area contributed by atoms with Crippen LogP contribution in [0.1, 0.15) is 6.92 Å². The van der Waals surface area contributed by atoms with E-state index in [2.05, 4.69) is 10.3 Å². The minimum absolute atomic E-state index is 0.184. The van der Waals surface area contributed by atoms with Gasteiger partial charge < -0.3 is 10.1 Å². The molecule has 0 bridgehead atoms. The molecule has 0 radical (unpaired) electrons. The van der Waals surface area contributed by atoms with Gasteiger partial charge in [0.25, 0.3) is 5.91 Å². The Kier molecular flexibility index (Phi) is 4.68. The van der Waals surface area contributed by atoms with Crippen molar-refractivity contribution in [3.8, 4) is 16.3 Å². The van der Waals surface area contributed by atoms with Crippen LogP contribution in [-0.2, 0) is 4.79 Å². The number of hydrogen-bond donors (Lipinski definition) is 1. The van der Waals surface area contributed by atoms with E-state index < -0.39 is 6.10 Å². The average molecular weight is 324 g/mol. The Labute approximate surface area is 138 Å². The number of rotatable bonds is 5. The summed E-state index contributed by atoms with van der Waals surface area (Å²) in [4.78, 5) is 16.4. The first-order valence-electron chi connectivity index (χ1n) is 7.25. The predicted octanol–water partition coefficient (Wildman–Crippen LogP) is 4.22. The SMILES string of the molecule is CC(Oc1ccccc1)C(=O)Nc1ccc(-c2nccs2)cc1. The van der Waals surface area contributed by atoms with E-state index in [1.165, 1.54) is 0 Å². The molecule has 2 aromatic carbocycles. The van der Waals surface area contributed by atoms with E-state index in [9.17, 15) is 4.79 Å². The maximum absolute atomic E-state index is 12.2. The van der Waals surface area contributed by atoms with Gasteiger partial charge in [0, 0.05) is 22.8 Å². The molecular weight excluding hydrogens is 308 g/mol. The molecule has 1 unspecified atom stereocenters. The molecule has 0 aliphatic carbocycles. The molecule has 5 heteroatoms. The quantitative estimate of drug-likeness (QED) is 0.764. The largest absolute Gasteiger partial charge is 0.481 e. The van der Waals surface area contributed by atoms with Gasteiger partial charge in [0.15, 0.2) is 6.10 Å². The Bertz CT molecular complexity index is 755. The standard InChI is InChI=1S/C18H16N2O2S/c1-13(22-16-5-3-2-4-6-16)17(21)20-15-9-7-14(8-10-15)18-19-11-12-23-18/h2-13H,1H3,(H,20,21). The summed E-state index contributed by atoms with van der Waals surface area (Å²) in [5, 5.41) is 5.75. The van der Waals surface area contributed by atoms with E-state index >= 15 is 0 Å². The van der Waals surface area contributed by atoms with Crippen LogP contribution in [0, 0.1) is 0 Å². The maximum Gasteiger partial charge on any atom is 0.265 e. The molecule has 116 valence electrons. The summed E-state index contributed by atoms with van der Waals surface area (Å²) < 4.78 is 5.61. The van der Waals surface area contributed by atoms with Crippen LogP contribution in [0.3, 0.4) is 0 Å². The van der Waals surface area contributed by atoms with Crippen LogP contribution in [0.4, 0.5) is 5.69 Å². The van der Waals surface area contributed by atoms with Crippen LogP contribution in [0.2, 0.25) is 0 Å². The molecule has 0 aliphatic heterocycles. The number of anilines is 1. The number of nitrogens with one attached hydrogen (secondary N) is 1. The molecule has 0 fully saturated rings. The Morgan fingerprint density at radius 1 is 1.13 bits per heavy atom. The van der Waals surface area contributed by atoms with Gasteiger partial charge in [0.05, 0.1) is 0 Å². The van der Waals surface area contributed by atoms with Gasteiger partial charge in [-0.3, -0.25) is 4.79 Å². The summed E-state index contributed by atoms with van der Waals surface area (Å²) >= 11 is 1.58. The second-order valence-corrected chi connectivity index (χ2v) is 5.87. The number of thiazole rings is 1. The molecule has 3 aromatic rings. The first-order chi connectivity index (χ1) is 11.2. The molecule has 1 aromatic heterocycles. The third-order valence-corrected chi connectivity index (χ3v) is 4.08. The normalized spacial score (nSPS) is 11.7. The van der Waals surface area contributed by atoms with Gasteiger partial charge in [0.1, 0.15) is 10.8 Å². The van der Waals surface area contributed by atoms with Gasteiger partial charge in [-0.25, -0.2) is 4.98 Å². The van der Waals surface area contributed by atoms with Crippen molar-refractivity contribution in [3.05, 3.63) is 66.2 Å². The van der Waals surface area contributed by atoms with Crippen molar-refractivity contribution >= 4 is 22.9 Å². The Morgan fingerprint density at radius 2 is 1.87 bits per heavy atom. The van der Waals surface area contributed by atoms with Gasteiger partial charge in [-0.1, -0.05) is 18.2 Å². The smallest absolute Gasteiger partial charge is 0.265 e. The number of para-hydroxylation sites is 1. The Morgan fingerprint density at radius 3 is 2.52 bits per heavy atom. The molecular formula is C18H16N2O2S. The van der Waals surface area contributed by atoms with E-state index in [1.807, 2.05) is 60.0 Å². The molecule has 0 saturated carbocycles. The Balaban J connectivity index is 1.61. The summed E-state index contributed by atoms with van der Waals surface area (Å²) in [7, 11) is 0. The fourth-order valence-electron chi connectivity index (χ4n) is 2.06. The zero-order valence-corrected chi connectivity index (χ0v) is 13.4. The number of carbonyl (C=O) groups excluding carboxylic acids is 1. The fraction of sp³-hybridized carbons (Fsp3) is 0.111. The van der Waals surface area contributed by atoms with Crippen LogP contribution in [0.5, 0.6) is 5.75 Å². The van der Waals surface area contributed by atoms with Gasteiger partial charge >= 0.3 is 0 Å². The zero-order chi connectivity index (χ0) is 16.1. The van der Waals surface area contributed by atoms with Crippen molar-refractivity contribution in [2.24, 2.45) is 0 Å². The third kappa shape index (κ3) is 3.96. The van der Waals surface area contributed by atoms with Crippen molar-refractivity contribution in [1.82, 2.24) is 4.98 Å². The highest BCUT2D eigenvalue weighted by Crippen LogP contribution is 2.23. The van der Waals surface area contributed by atoms with Crippen molar-refractivity contribution in [1.29, 1.82) is 0 Å². The minimum atomic E-state index is -0.573. The fourth-order valence-corrected chi connectivity index (χ4v) is 2.71. The molecule has 4 nitrogen and oxygen atoms in total. The van der Waals surface area contributed by atoms with Crippen LogP contribution in [-0.4, -0.2) is 17.0 Å². The summed E-state index contributed by atoms with van der Waals surface area (Å²) in [6.45, 7) is 1.73. The summed E-state index contributed by atoms with van der Waals surface area (Å²) in [6.07, 6.45) is 1.20. The Hall–Kier alpha value is -2.66. The van der Waals surface area contributed by atoms with Crippen LogP contribution in [0.25, 0.3) is 10.6 Å². The molecule has 3 rings (SSSR count). The number of amides is 1. The number of ether oxygens (including phenoxy) is 1. The molecule has 23 heavy (non-hydrogen) atoms. The lowest BCUT2D eigenvalue weighted by Crippen LogP contribution is -2.30. The molecule has 0 spiro atoms. The predicted molar refractivity (Wildman–Crippen MR) is 92.7 cm³/mol. The lowest BCUT2D eigenvalue weighted by molar-refractivity contribution is -0.122. The van der Waals surface area contributed by atoms with E-state index in [4.69, 9.17) is 4.74 Å². The molecule has 1 N–H and O–H groups in total. The topological polar surface area (TPSA) is 51.2 Å². The van der Waals surface area contributed by atoms with E-state index in [1.54, 1.807) is 24.5 Å². The first kappa shape index (κ1) is 15.2. The summed E-state index contributed by atoms with van der Waals surface area (Å²) in [6, 6.07) is 16.9. The number of hydrogen-bond acceptors (Lipinski definition) is 4. The van der Waals surface area contributed by atoms with Crippen LogP contribution < -0.4 is 10.1 Å². The van der Waals surface area contributed by atoms with Crippen molar-refractivity contribution in [3.63, 3.8) is 0 Å². The second-order valence-electron chi connectivity index (χ2n) is 4.98. The van der Waals surface area contributed by atoms with Crippen LogP contribution >= 0.6 is 11.3 Å². The lowest BCUT2D eigenvalue weighted by atomic mass is 10.2. The molecule has 0 aliphatic rings. The molecule has 1 amide bonds. The van der Waals surface area contributed by atoms with E-state index in [0.717, 1.165) is 16.3 Å². The highest BCUT2D eigenvalue weighted by atomic mass is 32.1. The van der Waals surface area contributed by atoms with E-state index in [-0.39, 0.29) is 5.91 Å². The van der Waals surface area contributed by atoms with Gasteiger partial charge in [-0.05, 0) is 43.3 Å². The number of aromatic nitrogens is 1. The van der Waals surface area contributed by atoms with Crippen LogP contribution in [0.15, 0.2) is 66.2 Å². The minimum Gasteiger partial charge on any atom is -0.481 e. The van der Waals surface area contributed by atoms with Crippen molar-refractivity contribution < 1.29 is 9.53 Å². The van der Waals surface area contributed by atoms with Gasteiger partial charge in [0.2, 0.25) is 0 Å². The van der Waals surface area contributed by atoms with Gasteiger partial charge in [-0.15, -0.1) is 11.3 Å². The first-order valence-corrected chi connectivity index (χ1v) is 8.13.